The van der Waals surface area contributed by atoms with E-state index in [1.807, 2.05) is 27.7 Å². The third kappa shape index (κ3) is 6.22. The Hall–Kier alpha value is -2.06. The number of ether oxygens (including phenoxy) is 1. The van der Waals surface area contributed by atoms with Crippen LogP contribution in [0.5, 0.6) is 17.2 Å². The second-order valence-electron chi connectivity index (χ2n) is 7.74. The van der Waals surface area contributed by atoms with Crippen LogP contribution in [-0.4, -0.2) is 28.1 Å². The number of amides is 1. The minimum absolute atomic E-state index is 0.125. The molecule has 1 amide bonds. The van der Waals surface area contributed by atoms with Gasteiger partial charge in [-0.25, -0.2) is 4.79 Å². The second-order valence-corrected chi connectivity index (χ2v) is 9.45. The Labute approximate surface area is 192 Å². The Morgan fingerprint density at radius 3 is 2.17 bits per heavy atom. The summed E-state index contributed by atoms with van der Waals surface area (Å²) in [7, 11) is 0. The Balaban J connectivity index is 2.26. The van der Waals surface area contributed by atoms with Gasteiger partial charge in [-0.1, -0.05) is 27.7 Å². The molecule has 0 saturated carbocycles. The zero-order valence-electron chi connectivity index (χ0n) is 17.2. The number of hydrogen-bond acceptors (Lipinski definition) is 4. The lowest BCUT2D eigenvalue weighted by molar-refractivity contribution is -0.139. The van der Waals surface area contributed by atoms with Crippen LogP contribution in [-0.2, 0) is 4.79 Å². The molecule has 1 atom stereocenters. The highest BCUT2D eigenvalue weighted by atomic mass is 79.9. The van der Waals surface area contributed by atoms with E-state index in [0.29, 0.717) is 32.4 Å². The number of halogens is 2. The number of phenols is 1. The van der Waals surface area contributed by atoms with E-state index in [4.69, 9.17) is 4.74 Å². The van der Waals surface area contributed by atoms with Gasteiger partial charge < -0.3 is 20.3 Å². The van der Waals surface area contributed by atoms with Crippen LogP contribution in [0.1, 0.15) is 56.0 Å². The summed E-state index contributed by atoms with van der Waals surface area (Å²) in [5, 5.41) is 21.9. The zero-order chi connectivity index (χ0) is 22.6. The van der Waals surface area contributed by atoms with Crippen LogP contribution < -0.4 is 10.1 Å². The first kappa shape index (κ1) is 24.2. The van der Waals surface area contributed by atoms with Gasteiger partial charge in [0, 0.05) is 11.1 Å². The maximum Gasteiger partial charge on any atom is 0.326 e. The molecule has 0 saturated heterocycles. The summed E-state index contributed by atoms with van der Waals surface area (Å²) < 4.78 is 7.01. The number of carbonyl (C=O) groups excluding carboxylic acids is 1. The molecule has 0 spiro atoms. The first-order valence-corrected chi connectivity index (χ1v) is 11.1. The van der Waals surface area contributed by atoms with Gasteiger partial charge in [0.1, 0.15) is 17.5 Å². The molecule has 2 rings (SSSR count). The normalized spacial score (nSPS) is 12.1. The lowest BCUT2D eigenvalue weighted by Gasteiger charge is -2.17. The molecule has 30 heavy (non-hydrogen) atoms. The monoisotopic (exact) mass is 541 g/mol. The van der Waals surface area contributed by atoms with Crippen molar-refractivity contribution in [2.24, 2.45) is 5.92 Å². The summed E-state index contributed by atoms with van der Waals surface area (Å²) in [6, 6.07) is 7.20. The van der Waals surface area contributed by atoms with Crippen molar-refractivity contribution < 1.29 is 24.5 Å². The molecule has 0 heterocycles. The molecular weight excluding hydrogens is 518 g/mol. The lowest BCUT2D eigenvalue weighted by atomic mass is 10.0. The molecule has 6 nitrogen and oxygen atoms in total. The van der Waals surface area contributed by atoms with E-state index < -0.39 is 17.9 Å². The van der Waals surface area contributed by atoms with Crippen LogP contribution in [0.15, 0.2) is 39.3 Å². The van der Waals surface area contributed by atoms with Gasteiger partial charge >= 0.3 is 5.97 Å². The summed E-state index contributed by atoms with van der Waals surface area (Å²) in [4.78, 5) is 24.0. The van der Waals surface area contributed by atoms with Gasteiger partial charge in [0.25, 0.3) is 5.91 Å². The van der Waals surface area contributed by atoms with Crippen LogP contribution in [0.25, 0.3) is 0 Å². The number of carboxylic acids is 1. The molecule has 3 N–H and O–H groups in total. The summed E-state index contributed by atoms with van der Waals surface area (Å²) >= 11 is 6.84. The second kappa shape index (κ2) is 10.3. The van der Waals surface area contributed by atoms with Crippen molar-refractivity contribution in [1.29, 1.82) is 0 Å². The van der Waals surface area contributed by atoms with Crippen LogP contribution in [0.2, 0.25) is 0 Å². The van der Waals surface area contributed by atoms with Crippen LogP contribution in [0, 0.1) is 5.92 Å². The molecule has 0 aliphatic carbocycles. The van der Waals surface area contributed by atoms with Gasteiger partial charge in [-0.2, -0.15) is 0 Å². The Morgan fingerprint density at radius 1 is 1.07 bits per heavy atom. The van der Waals surface area contributed by atoms with Gasteiger partial charge in [-0.3, -0.25) is 4.79 Å². The van der Waals surface area contributed by atoms with E-state index in [1.165, 1.54) is 0 Å². The predicted octanol–water partition coefficient (Wildman–Crippen LogP) is 6.06. The summed E-state index contributed by atoms with van der Waals surface area (Å²) in [6.45, 7) is 7.74. The SMILES string of the molecule is CC(C)CC(NC(=O)c1cc(Br)c(Oc2ccc(O)c(C(C)C)c2)c(Br)c1)C(=O)O. The van der Waals surface area contributed by atoms with Gasteiger partial charge in [0.05, 0.1) is 8.95 Å². The molecule has 8 heteroatoms. The number of aromatic hydroxyl groups is 1. The third-order valence-corrected chi connectivity index (χ3v) is 5.59. The minimum Gasteiger partial charge on any atom is -0.508 e. The number of rotatable bonds is 8. The van der Waals surface area contributed by atoms with Gasteiger partial charge in [-0.05, 0) is 80.4 Å². The van der Waals surface area contributed by atoms with E-state index in [1.54, 1.807) is 30.3 Å². The number of nitrogens with one attached hydrogen (secondary N) is 1. The summed E-state index contributed by atoms with van der Waals surface area (Å²) in [5.41, 5.74) is 1.06. The van der Waals surface area contributed by atoms with Gasteiger partial charge in [0.15, 0.2) is 5.75 Å². The minimum atomic E-state index is -1.07. The number of benzene rings is 2. The highest BCUT2D eigenvalue weighted by Gasteiger charge is 2.23. The fraction of sp³-hybridized carbons (Fsp3) is 0.364. The Morgan fingerprint density at radius 2 is 1.67 bits per heavy atom. The molecule has 0 radical (unpaired) electrons. The lowest BCUT2D eigenvalue weighted by Crippen LogP contribution is -2.41. The van der Waals surface area contributed by atoms with Crippen molar-refractivity contribution in [3.05, 3.63) is 50.4 Å². The van der Waals surface area contributed by atoms with Crippen molar-refractivity contribution in [3.63, 3.8) is 0 Å². The molecule has 0 fully saturated rings. The standard InChI is InChI=1S/C22H25Br2NO5/c1-11(2)7-18(22(28)29)25-21(27)13-8-16(23)20(17(24)9-13)30-14-5-6-19(26)15(10-14)12(3)4/h5-6,8-12,18,26H,7H2,1-4H3,(H,25,27)(H,28,29). The van der Waals surface area contributed by atoms with Gasteiger partial charge in [-0.15, -0.1) is 0 Å². The molecule has 0 bridgehead atoms. The van der Waals surface area contributed by atoms with Crippen molar-refractivity contribution in [1.82, 2.24) is 5.32 Å². The molecule has 2 aromatic carbocycles. The Kier molecular flexibility index (Phi) is 8.32. The average Bonchev–Trinajstić information content (AvgIpc) is 2.64. The quantitative estimate of drug-likeness (QED) is 0.376. The first-order valence-electron chi connectivity index (χ1n) is 9.53. The van der Waals surface area contributed by atoms with E-state index >= 15 is 0 Å². The van der Waals surface area contributed by atoms with Gasteiger partial charge in [0.2, 0.25) is 0 Å². The van der Waals surface area contributed by atoms with E-state index in [9.17, 15) is 19.8 Å². The summed E-state index contributed by atoms with van der Waals surface area (Å²) in [5.74, 6) is -0.0915. The number of hydrogen-bond donors (Lipinski definition) is 3. The first-order chi connectivity index (χ1) is 14.0. The predicted molar refractivity (Wildman–Crippen MR) is 122 cm³/mol. The van der Waals surface area contributed by atoms with E-state index in [0.717, 1.165) is 5.56 Å². The van der Waals surface area contributed by atoms with E-state index in [-0.39, 0.29) is 17.6 Å². The molecule has 0 aliphatic rings. The highest BCUT2D eigenvalue weighted by molar-refractivity contribution is 9.11. The maximum absolute atomic E-state index is 12.6. The summed E-state index contributed by atoms with van der Waals surface area (Å²) in [6.07, 6.45) is 0.337. The zero-order valence-corrected chi connectivity index (χ0v) is 20.4. The maximum atomic E-state index is 12.6. The van der Waals surface area contributed by atoms with Crippen molar-refractivity contribution in [2.45, 2.75) is 46.1 Å². The fourth-order valence-corrected chi connectivity index (χ4v) is 4.25. The average molecular weight is 543 g/mol. The number of carboxylic acid groups (broad SMARTS) is 1. The molecular formula is C22H25Br2NO5. The topological polar surface area (TPSA) is 95.9 Å². The Bertz CT molecular complexity index is 920. The number of carbonyl (C=O) groups is 2. The van der Waals surface area contributed by atoms with Crippen molar-refractivity contribution >= 4 is 43.7 Å². The third-order valence-electron chi connectivity index (χ3n) is 4.41. The fourth-order valence-electron chi connectivity index (χ4n) is 2.90. The van der Waals surface area contributed by atoms with Crippen LogP contribution >= 0.6 is 31.9 Å². The number of phenolic OH excluding ortho intramolecular Hbond substituents is 1. The molecule has 162 valence electrons. The highest BCUT2D eigenvalue weighted by Crippen LogP contribution is 2.39. The van der Waals surface area contributed by atoms with E-state index in [2.05, 4.69) is 37.2 Å². The molecule has 2 aromatic rings. The smallest absolute Gasteiger partial charge is 0.326 e. The molecule has 0 aliphatic heterocycles. The van der Waals surface area contributed by atoms with Crippen LogP contribution in [0.3, 0.4) is 0 Å². The number of aliphatic carboxylic acids is 1. The van der Waals surface area contributed by atoms with Crippen molar-refractivity contribution in [3.8, 4) is 17.2 Å². The molecule has 1 unspecified atom stereocenters. The van der Waals surface area contributed by atoms with Crippen molar-refractivity contribution in [2.75, 3.05) is 0 Å². The van der Waals surface area contributed by atoms with Crippen LogP contribution in [0.4, 0.5) is 0 Å². The molecule has 0 aromatic heterocycles. The largest absolute Gasteiger partial charge is 0.508 e.